The molecule has 1 unspecified atom stereocenters. The van der Waals surface area contributed by atoms with Crippen molar-refractivity contribution in [3.63, 3.8) is 0 Å². The zero-order valence-electron chi connectivity index (χ0n) is 14.8. The zero-order chi connectivity index (χ0) is 17.8. The lowest BCUT2D eigenvalue weighted by Crippen LogP contribution is -3.14. The van der Waals surface area contributed by atoms with Crippen molar-refractivity contribution in [1.29, 1.82) is 0 Å². The number of likely N-dealkylation sites (tertiary alicyclic amines) is 1. The average molecular weight is 363 g/mol. The Morgan fingerprint density at radius 3 is 2.96 bits per heavy atom. The molecule has 0 saturated carbocycles. The van der Waals surface area contributed by atoms with Crippen LogP contribution in [-0.4, -0.2) is 51.2 Å². The minimum atomic E-state index is -0.0651. The normalized spacial score (nSPS) is 20.0. The molecule has 134 valence electrons. The Morgan fingerprint density at radius 2 is 2.32 bits per heavy atom. The van der Waals surface area contributed by atoms with E-state index in [4.69, 9.17) is 11.6 Å². The first kappa shape index (κ1) is 17.9. The van der Waals surface area contributed by atoms with Gasteiger partial charge in [-0.2, -0.15) is 5.10 Å². The van der Waals surface area contributed by atoms with Crippen molar-refractivity contribution in [2.45, 2.75) is 32.4 Å². The van der Waals surface area contributed by atoms with E-state index in [-0.39, 0.29) is 5.91 Å². The molecule has 3 heterocycles. The van der Waals surface area contributed by atoms with Crippen molar-refractivity contribution in [3.05, 3.63) is 47.0 Å². The number of likely N-dealkylation sites (N-methyl/N-ethyl adjacent to an activating group) is 1. The number of halogens is 1. The van der Waals surface area contributed by atoms with Crippen LogP contribution in [0.4, 0.5) is 0 Å². The Labute approximate surface area is 153 Å². The Hall–Kier alpha value is -1.92. The topological polar surface area (TPSA) is 55.5 Å². The standard InChI is InChI=1S/C18H24ClN5O/c1-3-23-10-6-7-14(23)11-24(13-17-15(19)12-22(2)21-17)18(25)16-8-4-5-9-20-16/h4-5,8-9,12,14H,3,6-7,10-11,13H2,1-2H3/p+1/t14-/m0/s1. The van der Waals surface area contributed by atoms with Gasteiger partial charge in [0.1, 0.15) is 17.4 Å². The Balaban J connectivity index is 1.82. The van der Waals surface area contributed by atoms with Crippen LogP contribution < -0.4 is 4.90 Å². The van der Waals surface area contributed by atoms with E-state index >= 15 is 0 Å². The first-order chi connectivity index (χ1) is 12.1. The summed E-state index contributed by atoms with van der Waals surface area (Å²) in [7, 11) is 1.83. The van der Waals surface area contributed by atoms with Crippen LogP contribution >= 0.6 is 11.6 Å². The molecule has 2 atom stereocenters. The lowest BCUT2D eigenvalue weighted by Gasteiger charge is -2.27. The molecule has 1 aliphatic heterocycles. The van der Waals surface area contributed by atoms with Crippen molar-refractivity contribution >= 4 is 17.5 Å². The molecule has 25 heavy (non-hydrogen) atoms. The summed E-state index contributed by atoms with van der Waals surface area (Å²) in [6.07, 6.45) is 5.77. The lowest BCUT2D eigenvalue weighted by atomic mass is 10.2. The largest absolute Gasteiger partial charge is 0.331 e. The third-order valence-electron chi connectivity index (χ3n) is 4.89. The van der Waals surface area contributed by atoms with Crippen LogP contribution in [-0.2, 0) is 13.6 Å². The quantitative estimate of drug-likeness (QED) is 0.839. The van der Waals surface area contributed by atoms with Crippen LogP contribution in [0, 0.1) is 0 Å². The van der Waals surface area contributed by atoms with Gasteiger partial charge in [-0.15, -0.1) is 0 Å². The predicted molar refractivity (Wildman–Crippen MR) is 96.6 cm³/mol. The number of pyridine rings is 1. The summed E-state index contributed by atoms with van der Waals surface area (Å²) in [4.78, 5) is 20.7. The van der Waals surface area contributed by atoms with Crippen molar-refractivity contribution in [2.75, 3.05) is 19.6 Å². The highest BCUT2D eigenvalue weighted by atomic mass is 35.5. The number of aromatic nitrogens is 3. The smallest absolute Gasteiger partial charge is 0.273 e. The van der Waals surface area contributed by atoms with Crippen LogP contribution in [0.25, 0.3) is 0 Å². The summed E-state index contributed by atoms with van der Waals surface area (Å²) in [6.45, 7) is 5.57. The predicted octanol–water partition coefficient (Wildman–Crippen LogP) is 1.18. The molecule has 0 aliphatic carbocycles. The molecule has 1 aliphatic rings. The Morgan fingerprint density at radius 1 is 1.48 bits per heavy atom. The summed E-state index contributed by atoms with van der Waals surface area (Å²) in [5.41, 5.74) is 1.19. The molecule has 0 spiro atoms. The van der Waals surface area contributed by atoms with Crippen LogP contribution in [0.15, 0.2) is 30.6 Å². The summed E-state index contributed by atoms with van der Waals surface area (Å²) >= 11 is 6.27. The third-order valence-corrected chi connectivity index (χ3v) is 5.20. The maximum atomic E-state index is 13.0. The average Bonchev–Trinajstić information content (AvgIpc) is 3.20. The second-order valence-corrected chi connectivity index (χ2v) is 7.01. The number of aryl methyl sites for hydroxylation is 1. The van der Waals surface area contributed by atoms with E-state index in [9.17, 15) is 4.79 Å². The Kier molecular flexibility index (Phi) is 5.71. The number of carbonyl (C=O) groups is 1. The van der Waals surface area contributed by atoms with Crippen molar-refractivity contribution in [3.8, 4) is 0 Å². The van der Waals surface area contributed by atoms with Crippen molar-refractivity contribution < 1.29 is 9.69 Å². The van der Waals surface area contributed by atoms with Gasteiger partial charge in [-0.1, -0.05) is 17.7 Å². The third kappa shape index (κ3) is 4.19. The summed E-state index contributed by atoms with van der Waals surface area (Å²) < 4.78 is 1.68. The summed E-state index contributed by atoms with van der Waals surface area (Å²) in [5.74, 6) is -0.0651. The highest BCUT2D eigenvalue weighted by molar-refractivity contribution is 6.31. The lowest BCUT2D eigenvalue weighted by molar-refractivity contribution is -0.909. The van der Waals surface area contributed by atoms with Gasteiger partial charge in [0, 0.05) is 32.3 Å². The number of quaternary nitrogens is 1. The first-order valence-corrected chi connectivity index (χ1v) is 9.19. The number of nitrogens with one attached hydrogen (secondary N) is 1. The number of hydrogen-bond acceptors (Lipinski definition) is 3. The number of carbonyl (C=O) groups excluding carboxylic acids is 1. The number of rotatable bonds is 6. The van der Waals surface area contributed by atoms with Gasteiger partial charge in [-0.3, -0.25) is 14.5 Å². The molecule has 1 fully saturated rings. The molecular weight excluding hydrogens is 338 g/mol. The molecule has 0 radical (unpaired) electrons. The summed E-state index contributed by atoms with van der Waals surface area (Å²) in [5, 5.41) is 4.99. The monoisotopic (exact) mass is 362 g/mol. The molecule has 3 rings (SSSR count). The van der Waals surface area contributed by atoms with Gasteiger partial charge in [0.25, 0.3) is 5.91 Å². The van der Waals surface area contributed by atoms with Gasteiger partial charge in [0.15, 0.2) is 0 Å². The van der Waals surface area contributed by atoms with Gasteiger partial charge >= 0.3 is 0 Å². The fraction of sp³-hybridized carbons (Fsp3) is 0.500. The molecular formula is C18H25ClN5O+. The highest BCUT2D eigenvalue weighted by Crippen LogP contribution is 2.17. The number of amides is 1. The molecule has 0 bridgehead atoms. The molecule has 1 amide bonds. The maximum absolute atomic E-state index is 13.0. The van der Waals surface area contributed by atoms with Crippen LogP contribution in [0.1, 0.15) is 35.9 Å². The van der Waals surface area contributed by atoms with E-state index in [1.807, 2.05) is 24.1 Å². The van der Waals surface area contributed by atoms with E-state index in [1.54, 1.807) is 28.0 Å². The number of hydrogen-bond donors (Lipinski definition) is 1. The van der Waals surface area contributed by atoms with Gasteiger partial charge in [0.05, 0.1) is 31.2 Å². The van der Waals surface area contributed by atoms with E-state index in [1.165, 1.54) is 13.0 Å². The molecule has 2 aromatic heterocycles. The van der Waals surface area contributed by atoms with Crippen LogP contribution in [0.3, 0.4) is 0 Å². The molecule has 6 nitrogen and oxygen atoms in total. The first-order valence-electron chi connectivity index (χ1n) is 8.81. The Bertz CT molecular complexity index is 718. The SMILES string of the molecule is CC[NH+]1CCC[C@H]1CN(Cc1nn(C)cc1Cl)C(=O)c1ccccn1. The van der Waals surface area contributed by atoms with E-state index in [0.717, 1.165) is 18.7 Å². The van der Waals surface area contributed by atoms with Gasteiger partial charge < -0.3 is 9.80 Å². The fourth-order valence-corrected chi connectivity index (χ4v) is 3.84. The van der Waals surface area contributed by atoms with E-state index in [0.29, 0.717) is 29.8 Å². The van der Waals surface area contributed by atoms with Gasteiger partial charge in [0.2, 0.25) is 0 Å². The maximum Gasteiger partial charge on any atom is 0.273 e. The molecule has 7 heteroatoms. The minimum absolute atomic E-state index is 0.0651. The minimum Gasteiger partial charge on any atom is -0.331 e. The zero-order valence-corrected chi connectivity index (χ0v) is 15.5. The molecule has 1 saturated heterocycles. The van der Waals surface area contributed by atoms with Crippen molar-refractivity contribution in [1.82, 2.24) is 19.7 Å². The van der Waals surface area contributed by atoms with Crippen molar-refractivity contribution in [2.24, 2.45) is 7.05 Å². The van der Waals surface area contributed by atoms with Gasteiger partial charge in [-0.05, 0) is 19.1 Å². The van der Waals surface area contributed by atoms with Crippen LogP contribution in [0.2, 0.25) is 5.02 Å². The number of nitrogens with zero attached hydrogens (tertiary/aromatic N) is 4. The molecule has 0 aromatic carbocycles. The fourth-order valence-electron chi connectivity index (χ4n) is 3.60. The van der Waals surface area contributed by atoms with E-state index in [2.05, 4.69) is 17.0 Å². The highest BCUT2D eigenvalue weighted by Gasteiger charge is 2.31. The molecule has 1 N–H and O–H groups in total. The van der Waals surface area contributed by atoms with Crippen LogP contribution in [0.5, 0.6) is 0 Å². The second kappa shape index (κ2) is 7.97. The van der Waals surface area contributed by atoms with Gasteiger partial charge in [-0.25, -0.2) is 0 Å². The molecule has 2 aromatic rings. The summed E-state index contributed by atoms with van der Waals surface area (Å²) in [6, 6.07) is 5.87. The van der Waals surface area contributed by atoms with E-state index < -0.39 is 0 Å². The second-order valence-electron chi connectivity index (χ2n) is 6.60.